The van der Waals surface area contributed by atoms with Gasteiger partial charge in [-0.05, 0) is 37.5 Å². The number of sulfonamides is 1. The van der Waals surface area contributed by atoms with Crippen LogP contribution < -0.4 is 10.2 Å². The Balaban J connectivity index is 1.97. The minimum atomic E-state index is -3.71. The molecule has 21 heavy (non-hydrogen) atoms. The Hall–Kier alpha value is -1.89. The van der Waals surface area contributed by atoms with Gasteiger partial charge in [-0.3, -0.25) is 4.79 Å². The van der Waals surface area contributed by atoms with Crippen molar-refractivity contribution in [3.05, 3.63) is 23.8 Å². The number of rotatable bonds is 4. The number of benzene rings is 1. The van der Waals surface area contributed by atoms with Crippen LogP contribution in [0.2, 0.25) is 0 Å². The maximum absolute atomic E-state index is 12.1. The van der Waals surface area contributed by atoms with E-state index in [0.29, 0.717) is 17.8 Å². The third-order valence-electron chi connectivity index (χ3n) is 3.51. The van der Waals surface area contributed by atoms with E-state index in [0.717, 1.165) is 19.3 Å². The predicted molar refractivity (Wildman–Crippen MR) is 80.2 cm³/mol. The third-order valence-corrected chi connectivity index (χ3v) is 4.77. The fourth-order valence-corrected chi connectivity index (χ4v) is 3.33. The number of carbonyl (C=O) groups is 1. The number of hydrogen-bond acceptors (Lipinski definition) is 4. The second kappa shape index (κ2) is 5.14. The molecular weight excluding hydrogens is 290 g/mol. The first-order chi connectivity index (χ1) is 10.0. The monoisotopic (exact) mass is 307 g/mol. The standard InChI is InChI=1S/C14H17N3O3S/c1-2-7-17-9-15-21(19,20)13-8-10(3-6-12(13)17)14(18)16-11-4-5-11/h3,6,8-9,11H,2,4-5,7H2,1H3,(H,16,18). The lowest BCUT2D eigenvalue weighted by atomic mass is 10.1. The fraction of sp³-hybridized carbons (Fsp3) is 0.429. The van der Waals surface area contributed by atoms with Gasteiger partial charge in [0.05, 0.1) is 5.69 Å². The first-order valence-corrected chi connectivity index (χ1v) is 8.47. The Morgan fingerprint density at radius 3 is 2.86 bits per heavy atom. The van der Waals surface area contributed by atoms with Gasteiger partial charge in [0.15, 0.2) is 0 Å². The number of nitrogens with zero attached hydrogens (tertiary/aromatic N) is 2. The van der Waals surface area contributed by atoms with Crippen molar-refractivity contribution in [1.29, 1.82) is 0 Å². The molecule has 1 saturated carbocycles. The molecule has 1 N–H and O–H groups in total. The second-order valence-corrected chi connectivity index (χ2v) is 6.92. The number of amides is 1. The molecular formula is C14H17N3O3S. The van der Waals surface area contributed by atoms with Gasteiger partial charge in [0.25, 0.3) is 15.9 Å². The Morgan fingerprint density at radius 1 is 1.43 bits per heavy atom. The number of anilines is 1. The van der Waals surface area contributed by atoms with Gasteiger partial charge in [0.1, 0.15) is 11.2 Å². The van der Waals surface area contributed by atoms with Crippen molar-refractivity contribution >= 4 is 28.0 Å². The predicted octanol–water partition coefficient (Wildman–Crippen LogP) is 1.53. The van der Waals surface area contributed by atoms with E-state index in [9.17, 15) is 13.2 Å². The van der Waals surface area contributed by atoms with Gasteiger partial charge in [0.2, 0.25) is 0 Å². The summed E-state index contributed by atoms with van der Waals surface area (Å²) in [6.07, 6.45) is 4.19. The van der Waals surface area contributed by atoms with Crippen molar-refractivity contribution < 1.29 is 13.2 Å². The molecule has 1 aromatic carbocycles. The third kappa shape index (κ3) is 2.78. The first-order valence-electron chi connectivity index (χ1n) is 7.03. The van der Waals surface area contributed by atoms with Gasteiger partial charge in [-0.1, -0.05) is 6.92 Å². The van der Waals surface area contributed by atoms with Crippen LogP contribution in [0.25, 0.3) is 0 Å². The zero-order valence-electron chi connectivity index (χ0n) is 11.7. The van der Waals surface area contributed by atoms with Crippen LogP contribution in [0, 0.1) is 0 Å². The molecule has 0 aromatic heterocycles. The molecule has 112 valence electrons. The number of hydrogen-bond donors (Lipinski definition) is 1. The average Bonchev–Trinajstić information content (AvgIpc) is 3.26. The van der Waals surface area contributed by atoms with E-state index in [2.05, 4.69) is 9.71 Å². The van der Waals surface area contributed by atoms with Crippen molar-refractivity contribution in [2.45, 2.75) is 37.1 Å². The fourth-order valence-electron chi connectivity index (χ4n) is 2.25. The SMILES string of the molecule is CCCN1C=NS(=O)(=O)c2cc(C(=O)NC3CC3)ccc21. The molecule has 1 aromatic rings. The van der Waals surface area contributed by atoms with Crippen LogP contribution in [-0.4, -0.2) is 33.3 Å². The van der Waals surface area contributed by atoms with E-state index in [-0.39, 0.29) is 16.8 Å². The highest BCUT2D eigenvalue weighted by Crippen LogP contribution is 2.31. The largest absolute Gasteiger partial charge is 0.349 e. The number of carbonyl (C=O) groups excluding carboxylic acids is 1. The van der Waals surface area contributed by atoms with Crippen molar-refractivity contribution in [2.24, 2.45) is 4.40 Å². The van der Waals surface area contributed by atoms with Gasteiger partial charge < -0.3 is 10.2 Å². The van der Waals surface area contributed by atoms with Crippen molar-refractivity contribution in [3.63, 3.8) is 0 Å². The van der Waals surface area contributed by atoms with Crippen molar-refractivity contribution in [2.75, 3.05) is 11.4 Å². The molecule has 0 radical (unpaired) electrons. The van der Waals surface area contributed by atoms with Gasteiger partial charge in [-0.15, -0.1) is 4.40 Å². The lowest BCUT2D eigenvalue weighted by Gasteiger charge is -2.24. The van der Waals surface area contributed by atoms with Crippen LogP contribution in [-0.2, 0) is 10.0 Å². The minimum Gasteiger partial charge on any atom is -0.349 e. The Morgan fingerprint density at radius 2 is 2.19 bits per heavy atom. The van der Waals surface area contributed by atoms with Crippen LogP contribution in [0.15, 0.2) is 27.5 Å². The summed E-state index contributed by atoms with van der Waals surface area (Å²) in [7, 11) is -3.71. The number of nitrogens with one attached hydrogen (secondary N) is 1. The summed E-state index contributed by atoms with van der Waals surface area (Å²) < 4.78 is 27.8. The summed E-state index contributed by atoms with van der Waals surface area (Å²) in [4.78, 5) is 13.9. The molecule has 0 atom stereocenters. The molecule has 1 aliphatic carbocycles. The topological polar surface area (TPSA) is 78.8 Å². The molecule has 0 saturated heterocycles. The quantitative estimate of drug-likeness (QED) is 0.915. The van der Waals surface area contributed by atoms with Crippen LogP contribution in [0.5, 0.6) is 0 Å². The summed E-state index contributed by atoms with van der Waals surface area (Å²) >= 11 is 0. The molecule has 3 rings (SSSR count). The van der Waals surface area contributed by atoms with E-state index < -0.39 is 10.0 Å². The second-order valence-electron chi connectivity index (χ2n) is 5.32. The molecule has 2 aliphatic rings. The highest BCUT2D eigenvalue weighted by atomic mass is 32.2. The van der Waals surface area contributed by atoms with Crippen molar-refractivity contribution in [3.8, 4) is 0 Å². The number of fused-ring (bicyclic) bond motifs is 1. The highest BCUT2D eigenvalue weighted by molar-refractivity contribution is 7.90. The average molecular weight is 307 g/mol. The van der Waals surface area contributed by atoms with E-state index in [1.165, 1.54) is 12.4 Å². The molecule has 0 bridgehead atoms. The molecule has 6 nitrogen and oxygen atoms in total. The lowest BCUT2D eigenvalue weighted by Crippen LogP contribution is -2.29. The Labute approximate surface area is 123 Å². The maximum atomic E-state index is 12.1. The van der Waals surface area contributed by atoms with Crippen LogP contribution in [0.3, 0.4) is 0 Å². The van der Waals surface area contributed by atoms with Crippen LogP contribution >= 0.6 is 0 Å². The summed E-state index contributed by atoms with van der Waals surface area (Å²) in [6.45, 7) is 2.69. The van der Waals surface area contributed by atoms with Gasteiger partial charge in [-0.2, -0.15) is 8.42 Å². The van der Waals surface area contributed by atoms with E-state index in [1.54, 1.807) is 17.0 Å². The molecule has 1 heterocycles. The molecule has 1 aliphatic heterocycles. The molecule has 1 amide bonds. The normalized spacial score (nSPS) is 19.2. The zero-order chi connectivity index (χ0) is 15.0. The van der Waals surface area contributed by atoms with Gasteiger partial charge >= 0.3 is 0 Å². The van der Waals surface area contributed by atoms with E-state index in [4.69, 9.17) is 0 Å². The Bertz CT molecular complexity index is 708. The van der Waals surface area contributed by atoms with Crippen molar-refractivity contribution in [1.82, 2.24) is 5.32 Å². The van der Waals surface area contributed by atoms with E-state index >= 15 is 0 Å². The summed E-state index contributed by atoms with van der Waals surface area (Å²) in [5.74, 6) is -0.230. The summed E-state index contributed by atoms with van der Waals surface area (Å²) in [5, 5.41) is 2.85. The van der Waals surface area contributed by atoms with Crippen LogP contribution in [0.1, 0.15) is 36.5 Å². The Kier molecular flexibility index (Phi) is 3.44. The van der Waals surface area contributed by atoms with Crippen LogP contribution in [0.4, 0.5) is 5.69 Å². The molecule has 1 fully saturated rings. The molecule has 0 spiro atoms. The first kappa shape index (κ1) is 14.1. The minimum absolute atomic E-state index is 0.0990. The highest BCUT2D eigenvalue weighted by Gasteiger charge is 2.28. The molecule has 0 unspecified atom stereocenters. The molecule has 7 heteroatoms. The van der Waals surface area contributed by atoms with Gasteiger partial charge in [0, 0.05) is 18.2 Å². The zero-order valence-corrected chi connectivity index (χ0v) is 12.6. The maximum Gasteiger partial charge on any atom is 0.285 e. The lowest BCUT2D eigenvalue weighted by molar-refractivity contribution is 0.0951. The van der Waals surface area contributed by atoms with Gasteiger partial charge in [-0.25, -0.2) is 0 Å². The summed E-state index contributed by atoms with van der Waals surface area (Å²) in [6, 6.07) is 4.99. The smallest absolute Gasteiger partial charge is 0.285 e. The van der Waals surface area contributed by atoms with E-state index in [1.807, 2.05) is 6.92 Å². The summed E-state index contributed by atoms with van der Waals surface area (Å²) in [5.41, 5.74) is 0.938.